The zero-order valence-electron chi connectivity index (χ0n) is 18.3. The minimum Gasteiger partial charge on any atom is -0.455 e. The molecule has 3 rings (SSSR count). The Morgan fingerprint density at radius 2 is 1.71 bits per heavy atom. The number of amides is 3. The summed E-state index contributed by atoms with van der Waals surface area (Å²) < 4.78 is 66.4. The van der Waals surface area contributed by atoms with Crippen molar-refractivity contribution in [1.82, 2.24) is 9.88 Å². The standard InChI is InChI=1S/C21H20F3N3O6S/c1-20(2,3)33-18(29)16-10-13(8-9-25-16)11-26-12-17(28)27(19(26)30)14-4-6-15(7-5-14)34(31,32)21(22,23)24/h4-10H,11-12H2,1-3H3. The molecule has 0 atom stereocenters. The minimum absolute atomic E-state index is 0.0173. The van der Waals surface area contributed by atoms with Crippen LogP contribution in [-0.4, -0.2) is 53.9 Å². The summed E-state index contributed by atoms with van der Waals surface area (Å²) >= 11 is 0. The molecule has 0 N–H and O–H groups in total. The molecule has 1 fully saturated rings. The minimum atomic E-state index is -5.56. The van der Waals surface area contributed by atoms with Crippen LogP contribution in [0.3, 0.4) is 0 Å². The Kier molecular flexibility index (Phi) is 6.44. The Balaban J connectivity index is 1.77. The van der Waals surface area contributed by atoms with Crippen molar-refractivity contribution in [3.05, 3.63) is 53.9 Å². The van der Waals surface area contributed by atoms with E-state index in [-0.39, 0.29) is 24.5 Å². The molecule has 2 aromatic rings. The number of alkyl halides is 3. The summed E-state index contributed by atoms with van der Waals surface area (Å²) in [7, 11) is -5.56. The molecule has 1 aliphatic rings. The number of imide groups is 1. The lowest BCUT2D eigenvalue weighted by molar-refractivity contribution is -0.116. The third-order valence-corrected chi connectivity index (χ3v) is 6.06. The number of pyridine rings is 1. The number of carbonyl (C=O) groups is 3. The van der Waals surface area contributed by atoms with Gasteiger partial charge >= 0.3 is 17.5 Å². The van der Waals surface area contributed by atoms with Crippen LogP contribution in [0.1, 0.15) is 36.8 Å². The number of benzene rings is 1. The largest absolute Gasteiger partial charge is 0.501 e. The van der Waals surface area contributed by atoms with Crippen LogP contribution in [0.5, 0.6) is 0 Å². The van der Waals surface area contributed by atoms with Gasteiger partial charge in [-0.1, -0.05) is 0 Å². The van der Waals surface area contributed by atoms with Crippen LogP contribution >= 0.6 is 0 Å². The highest BCUT2D eigenvalue weighted by molar-refractivity contribution is 7.92. The van der Waals surface area contributed by atoms with Crippen molar-refractivity contribution in [3.63, 3.8) is 0 Å². The van der Waals surface area contributed by atoms with Crippen LogP contribution in [0, 0.1) is 0 Å². The number of urea groups is 1. The summed E-state index contributed by atoms with van der Waals surface area (Å²) in [6, 6.07) is 5.47. The second-order valence-electron chi connectivity index (χ2n) is 8.36. The summed E-state index contributed by atoms with van der Waals surface area (Å²) in [6.07, 6.45) is 1.36. The molecular weight excluding hydrogens is 479 g/mol. The van der Waals surface area contributed by atoms with E-state index in [1.165, 1.54) is 12.3 Å². The Labute approximate surface area is 193 Å². The number of ether oxygens (including phenoxy) is 1. The first kappa shape index (κ1) is 25.1. The Hall–Kier alpha value is -3.48. The molecule has 0 saturated carbocycles. The molecule has 0 aliphatic carbocycles. The average Bonchev–Trinajstić information content (AvgIpc) is 2.99. The van der Waals surface area contributed by atoms with E-state index in [0.29, 0.717) is 17.7 Å². The predicted molar refractivity (Wildman–Crippen MR) is 112 cm³/mol. The van der Waals surface area contributed by atoms with Crippen molar-refractivity contribution in [1.29, 1.82) is 0 Å². The van der Waals surface area contributed by atoms with Gasteiger partial charge in [0.1, 0.15) is 17.8 Å². The molecule has 34 heavy (non-hydrogen) atoms. The molecule has 1 aromatic carbocycles. The van der Waals surface area contributed by atoms with Gasteiger partial charge in [0, 0.05) is 12.7 Å². The highest BCUT2D eigenvalue weighted by atomic mass is 32.2. The maximum Gasteiger partial charge on any atom is 0.501 e. The number of hydrogen-bond acceptors (Lipinski definition) is 7. The first-order valence-electron chi connectivity index (χ1n) is 9.82. The van der Waals surface area contributed by atoms with E-state index in [1.807, 2.05) is 0 Å². The zero-order chi connectivity index (χ0) is 25.5. The van der Waals surface area contributed by atoms with Crippen molar-refractivity contribution in [3.8, 4) is 0 Å². The van der Waals surface area contributed by atoms with Gasteiger partial charge < -0.3 is 9.64 Å². The van der Waals surface area contributed by atoms with E-state index < -0.39 is 43.7 Å². The van der Waals surface area contributed by atoms with Gasteiger partial charge in [0.2, 0.25) is 0 Å². The number of aromatic nitrogens is 1. The first-order chi connectivity index (χ1) is 15.6. The molecule has 0 radical (unpaired) electrons. The van der Waals surface area contributed by atoms with Gasteiger partial charge in [0.15, 0.2) is 0 Å². The van der Waals surface area contributed by atoms with Crippen LogP contribution < -0.4 is 4.90 Å². The molecule has 1 aliphatic heterocycles. The van der Waals surface area contributed by atoms with Crippen LogP contribution in [0.15, 0.2) is 47.5 Å². The fourth-order valence-electron chi connectivity index (χ4n) is 3.07. The second-order valence-corrected chi connectivity index (χ2v) is 10.3. The quantitative estimate of drug-likeness (QED) is 0.458. The van der Waals surface area contributed by atoms with Crippen molar-refractivity contribution in [2.24, 2.45) is 0 Å². The lowest BCUT2D eigenvalue weighted by Gasteiger charge is -2.20. The SMILES string of the molecule is CC(C)(C)OC(=O)c1cc(CN2CC(=O)N(c3ccc(S(=O)(=O)C(F)(F)F)cc3)C2=O)ccn1. The van der Waals surface area contributed by atoms with Gasteiger partial charge in [-0.15, -0.1) is 0 Å². The van der Waals surface area contributed by atoms with Gasteiger partial charge in [-0.25, -0.2) is 27.9 Å². The summed E-state index contributed by atoms with van der Waals surface area (Å²) in [5.41, 5.74) is -5.79. The number of rotatable bonds is 5. The average molecular weight is 499 g/mol. The number of nitrogens with zero attached hydrogens (tertiary/aromatic N) is 3. The highest BCUT2D eigenvalue weighted by Gasteiger charge is 2.47. The zero-order valence-corrected chi connectivity index (χ0v) is 19.1. The normalized spacial score (nSPS) is 15.1. The van der Waals surface area contributed by atoms with Gasteiger partial charge in [0.05, 0.1) is 10.6 Å². The molecule has 0 spiro atoms. The van der Waals surface area contributed by atoms with E-state index in [4.69, 9.17) is 4.74 Å². The number of carbonyl (C=O) groups excluding carboxylic acids is 3. The van der Waals surface area contributed by atoms with Crippen LogP contribution in [-0.2, 0) is 25.9 Å². The summed E-state index contributed by atoms with van der Waals surface area (Å²) in [5, 5.41) is 0. The Bertz CT molecular complexity index is 1240. The lowest BCUT2D eigenvalue weighted by Crippen LogP contribution is -2.33. The Morgan fingerprint density at radius 3 is 2.26 bits per heavy atom. The number of sulfone groups is 1. The topological polar surface area (TPSA) is 114 Å². The van der Waals surface area contributed by atoms with Gasteiger partial charge in [-0.3, -0.25) is 4.79 Å². The number of esters is 1. The van der Waals surface area contributed by atoms with Gasteiger partial charge in [-0.2, -0.15) is 13.2 Å². The maximum absolute atomic E-state index is 12.8. The maximum atomic E-state index is 12.8. The lowest BCUT2D eigenvalue weighted by atomic mass is 10.2. The van der Waals surface area contributed by atoms with E-state index >= 15 is 0 Å². The third kappa shape index (κ3) is 5.19. The second kappa shape index (κ2) is 8.70. The molecule has 9 nitrogen and oxygen atoms in total. The molecular formula is C21H20F3N3O6S. The Morgan fingerprint density at radius 1 is 1.09 bits per heavy atom. The van der Waals surface area contributed by atoms with Crippen molar-refractivity contribution in [2.75, 3.05) is 11.4 Å². The molecule has 182 valence electrons. The van der Waals surface area contributed by atoms with Crippen molar-refractivity contribution in [2.45, 2.75) is 43.3 Å². The monoisotopic (exact) mass is 499 g/mol. The summed E-state index contributed by atoms with van der Waals surface area (Å²) in [5.74, 6) is -1.31. The molecule has 1 saturated heterocycles. The molecule has 0 bridgehead atoms. The van der Waals surface area contributed by atoms with Gasteiger partial charge in [-0.05, 0) is 62.7 Å². The number of hydrogen-bond donors (Lipinski definition) is 0. The third-order valence-electron chi connectivity index (χ3n) is 4.55. The fraction of sp³-hybridized carbons (Fsp3) is 0.333. The molecule has 1 aromatic heterocycles. The molecule has 13 heteroatoms. The first-order valence-corrected chi connectivity index (χ1v) is 11.3. The number of halogens is 3. The van der Waals surface area contributed by atoms with E-state index in [2.05, 4.69) is 4.98 Å². The smallest absolute Gasteiger partial charge is 0.455 e. The summed E-state index contributed by atoms with van der Waals surface area (Å²) in [4.78, 5) is 42.3. The van der Waals surface area contributed by atoms with Crippen LogP contribution in [0.2, 0.25) is 0 Å². The van der Waals surface area contributed by atoms with Crippen molar-refractivity contribution >= 4 is 33.4 Å². The molecule has 0 unspecified atom stereocenters. The molecule has 2 heterocycles. The predicted octanol–water partition coefficient (Wildman–Crippen LogP) is 3.30. The number of anilines is 1. The van der Waals surface area contributed by atoms with Gasteiger partial charge in [0.25, 0.3) is 15.7 Å². The van der Waals surface area contributed by atoms with Crippen LogP contribution in [0.4, 0.5) is 23.7 Å². The summed E-state index contributed by atoms with van der Waals surface area (Å²) in [6.45, 7) is 4.71. The van der Waals surface area contributed by atoms with Crippen molar-refractivity contribution < 1.29 is 40.7 Å². The van der Waals surface area contributed by atoms with E-state index in [0.717, 1.165) is 21.9 Å². The highest BCUT2D eigenvalue weighted by Crippen LogP contribution is 2.32. The fourth-order valence-corrected chi connectivity index (χ4v) is 3.83. The van der Waals surface area contributed by atoms with E-state index in [1.54, 1.807) is 26.8 Å². The van der Waals surface area contributed by atoms with Crippen LogP contribution in [0.25, 0.3) is 0 Å². The van der Waals surface area contributed by atoms with E-state index in [9.17, 15) is 36.0 Å². The molecule has 3 amide bonds.